The van der Waals surface area contributed by atoms with Crippen LogP contribution in [0.25, 0.3) is 0 Å². The summed E-state index contributed by atoms with van der Waals surface area (Å²) in [5.41, 5.74) is 6.73. The molecule has 1 aromatic heterocycles. The van der Waals surface area contributed by atoms with Crippen molar-refractivity contribution >= 4 is 5.82 Å². The molecule has 0 aliphatic heterocycles. The molecule has 0 saturated heterocycles. The van der Waals surface area contributed by atoms with Gasteiger partial charge < -0.3 is 10.6 Å². The van der Waals surface area contributed by atoms with Crippen molar-refractivity contribution < 1.29 is 0 Å². The molecule has 0 amide bonds. The zero-order valence-corrected chi connectivity index (χ0v) is 9.32. The third kappa shape index (κ3) is 2.29. The summed E-state index contributed by atoms with van der Waals surface area (Å²) >= 11 is 0. The van der Waals surface area contributed by atoms with E-state index in [1.807, 2.05) is 13.0 Å². The van der Waals surface area contributed by atoms with Crippen molar-refractivity contribution in [2.45, 2.75) is 32.2 Å². The van der Waals surface area contributed by atoms with Gasteiger partial charge >= 0.3 is 0 Å². The lowest BCUT2D eigenvalue weighted by atomic mass is 9.91. The van der Waals surface area contributed by atoms with E-state index >= 15 is 0 Å². The Morgan fingerprint density at radius 2 is 2.27 bits per heavy atom. The van der Waals surface area contributed by atoms with Crippen molar-refractivity contribution in [3.63, 3.8) is 0 Å². The molecule has 1 heterocycles. The van der Waals surface area contributed by atoms with E-state index in [2.05, 4.69) is 22.0 Å². The van der Waals surface area contributed by atoms with Crippen molar-refractivity contribution in [3.8, 4) is 0 Å². The maximum absolute atomic E-state index is 5.65. The fourth-order valence-corrected chi connectivity index (χ4v) is 2.01. The molecule has 0 unspecified atom stereocenters. The summed E-state index contributed by atoms with van der Waals surface area (Å²) in [7, 11) is 0. The van der Waals surface area contributed by atoms with Crippen LogP contribution in [0.4, 0.5) is 5.82 Å². The van der Waals surface area contributed by atoms with Gasteiger partial charge in [0.2, 0.25) is 0 Å². The van der Waals surface area contributed by atoms with E-state index in [0.29, 0.717) is 12.6 Å². The van der Waals surface area contributed by atoms with E-state index in [1.165, 1.54) is 19.3 Å². The van der Waals surface area contributed by atoms with Crippen molar-refractivity contribution in [2.75, 3.05) is 18.0 Å². The average molecular weight is 205 g/mol. The standard InChI is InChI=1S/C12H19N3/c1-10-4-2-7-12(14-10)15(9-8-13)11-5-3-6-11/h2,4,7,11H,3,5-6,8-9,13H2,1H3. The summed E-state index contributed by atoms with van der Waals surface area (Å²) < 4.78 is 0. The Morgan fingerprint density at radius 3 is 2.80 bits per heavy atom. The fourth-order valence-electron chi connectivity index (χ4n) is 2.01. The molecule has 1 saturated carbocycles. The van der Waals surface area contributed by atoms with Crippen LogP contribution in [0.3, 0.4) is 0 Å². The van der Waals surface area contributed by atoms with Gasteiger partial charge in [-0.3, -0.25) is 0 Å². The van der Waals surface area contributed by atoms with Crippen LogP contribution < -0.4 is 10.6 Å². The van der Waals surface area contributed by atoms with E-state index in [-0.39, 0.29) is 0 Å². The van der Waals surface area contributed by atoms with Crippen LogP contribution >= 0.6 is 0 Å². The van der Waals surface area contributed by atoms with Gasteiger partial charge in [0.1, 0.15) is 5.82 Å². The third-order valence-corrected chi connectivity index (χ3v) is 3.05. The first-order chi connectivity index (χ1) is 7.31. The van der Waals surface area contributed by atoms with Gasteiger partial charge in [0.15, 0.2) is 0 Å². The molecule has 0 aromatic carbocycles. The molecule has 15 heavy (non-hydrogen) atoms. The monoisotopic (exact) mass is 205 g/mol. The molecule has 3 nitrogen and oxygen atoms in total. The lowest BCUT2D eigenvalue weighted by Gasteiger charge is -2.38. The predicted molar refractivity (Wildman–Crippen MR) is 63.0 cm³/mol. The molecule has 82 valence electrons. The molecule has 1 aromatic rings. The minimum atomic E-state index is 0.669. The summed E-state index contributed by atoms with van der Waals surface area (Å²) in [6.07, 6.45) is 3.92. The smallest absolute Gasteiger partial charge is 0.129 e. The quantitative estimate of drug-likeness (QED) is 0.813. The number of hydrogen-bond acceptors (Lipinski definition) is 3. The highest BCUT2D eigenvalue weighted by molar-refractivity contribution is 5.41. The number of rotatable bonds is 4. The first-order valence-electron chi connectivity index (χ1n) is 5.71. The zero-order valence-electron chi connectivity index (χ0n) is 9.32. The average Bonchev–Trinajstić information content (AvgIpc) is 2.14. The van der Waals surface area contributed by atoms with Gasteiger partial charge in [-0.15, -0.1) is 0 Å². The molecule has 0 spiro atoms. The number of nitrogens with two attached hydrogens (primary N) is 1. The van der Waals surface area contributed by atoms with Crippen molar-refractivity contribution in [1.29, 1.82) is 0 Å². The summed E-state index contributed by atoms with van der Waals surface area (Å²) in [5.74, 6) is 1.09. The Kier molecular flexibility index (Phi) is 3.21. The molecule has 1 aliphatic rings. The van der Waals surface area contributed by atoms with Crippen molar-refractivity contribution in [2.24, 2.45) is 5.73 Å². The van der Waals surface area contributed by atoms with Crippen LogP contribution in [0.1, 0.15) is 25.0 Å². The summed E-state index contributed by atoms with van der Waals surface area (Å²) in [6.45, 7) is 3.65. The Labute approximate surface area is 91.3 Å². The molecule has 1 aliphatic carbocycles. The first kappa shape index (κ1) is 10.4. The molecular weight excluding hydrogens is 186 g/mol. The van der Waals surface area contributed by atoms with Gasteiger partial charge in [-0.05, 0) is 38.3 Å². The number of anilines is 1. The van der Waals surface area contributed by atoms with E-state index in [9.17, 15) is 0 Å². The van der Waals surface area contributed by atoms with Crippen LogP contribution in [0.5, 0.6) is 0 Å². The minimum Gasteiger partial charge on any atom is -0.352 e. The third-order valence-electron chi connectivity index (χ3n) is 3.05. The lowest BCUT2D eigenvalue weighted by molar-refractivity contribution is 0.386. The Balaban J connectivity index is 2.15. The number of aryl methyl sites for hydroxylation is 1. The highest BCUT2D eigenvalue weighted by Gasteiger charge is 2.25. The Hall–Kier alpha value is -1.09. The zero-order chi connectivity index (χ0) is 10.7. The molecular formula is C12H19N3. The van der Waals surface area contributed by atoms with Gasteiger partial charge in [-0.1, -0.05) is 6.07 Å². The Morgan fingerprint density at radius 1 is 1.47 bits per heavy atom. The second-order valence-electron chi connectivity index (χ2n) is 4.20. The van der Waals surface area contributed by atoms with Gasteiger partial charge in [0.25, 0.3) is 0 Å². The molecule has 2 N–H and O–H groups in total. The van der Waals surface area contributed by atoms with E-state index in [0.717, 1.165) is 18.1 Å². The van der Waals surface area contributed by atoms with Gasteiger partial charge in [0, 0.05) is 24.8 Å². The van der Waals surface area contributed by atoms with Gasteiger partial charge in [0.05, 0.1) is 0 Å². The molecule has 0 bridgehead atoms. The van der Waals surface area contributed by atoms with E-state index < -0.39 is 0 Å². The molecule has 0 radical (unpaired) electrons. The summed E-state index contributed by atoms with van der Waals surface area (Å²) in [5, 5.41) is 0. The summed E-state index contributed by atoms with van der Waals surface area (Å²) in [6, 6.07) is 6.86. The number of nitrogens with zero attached hydrogens (tertiary/aromatic N) is 2. The molecule has 0 atom stereocenters. The molecule has 3 heteroatoms. The SMILES string of the molecule is Cc1cccc(N(CCN)C2CCC2)n1. The Bertz CT molecular complexity index is 320. The highest BCUT2D eigenvalue weighted by Crippen LogP contribution is 2.28. The van der Waals surface area contributed by atoms with E-state index in [1.54, 1.807) is 0 Å². The summed E-state index contributed by atoms with van der Waals surface area (Å²) in [4.78, 5) is 6.92. The second kappa shape index (κ2) is 4.62. The maximum Gasteiger partial charge on any atom is 0.129 e. The fraction of sp³-hybridized carbons (Fsp3) is 0.583. The van der Waals surface area contributed by atoms with Gasteiger partial charge in [-0.2, -0.15) is 0 Å². The molecule has 2 rings (SSSR count). The number of hydrogen-bond donors (Lipinski definition) is 1. The van der Waals surface area contributed by atoms with E-state index in [4.69, 9.17) is 5.73 Å². The lowest BCUT2D eigenvalue weighted by Crippen LogP contribution is -2.43. The minimum absolute atomic E-state index is 0.669. The van der Waals surface area contributed by atoms with Crippen LogP contribution in [-0.2, 0) is 0 Å². The van der Waals surface area contributed by atoms with Gasteiger partial charge in [-0.25, -0.2) is 4.98 Å². The van der Waals surface area contributed by atoms with Crippen LogP contribution in [0, 0.1) is 6.92 Å². The van der Waals surface area contributed by atoms with Crippen LogP contribution in [0.2, 0.25) is 0 Å². The van der Waals surface area contributed by atoms with Crippen LogP contribution in [0.15, 0.2) is 18.2 Å². The maximum atomic E-state index is 5.65. The molecule has 1 fully saturated rings. The number of pyridine rings is 1. The van der Waals surface area contributed by atoms with Crippen molar-refractivity contribution in [3.05, 3.63) is 23.9 Å². The normalized spacial score (nSPS) is 16.1. The first-order valence-corrected chi connectivity index (χ1v) is 5.71. The predicted octanol–water partition coefficient (Wildman–Crippen LogP) is 1.71. The largest absolute Gasteiger partial charge is 0.352 e. The second-order valence-corrected chi connectivity index (χ2v) is 4.20. The van der Waals surface area contributed by atoms with Crippen LogP contribution in [-0.4, -0.2) is 24.1 Å². The number of aromatic nitrogens is 1. The highest BCUT2D eigenvalue weighted by atomic mass is 15.2. The van der Waals surface area contributed by atoms with Crippen molar-refractivity contribution in [1.82, 2.24) is 4.98 Å². The topological polar surface area (TPSA) is 42.1 Å².